The smallest absolute Gasteiger partial charge is 0.377 e. The highest BCUT2D eigenvalue weighted by Gasteiger charge is 2.25. The first-order valence-corrected chi connectivity index (χ1v) is 9.75. The summed E-state index contributed by atoms with van der Waals surface area (Å²) >= 11 is 0. The number of rotatable bonds is 5. The summed E-state index contributed by atoms with van der Waals surface area (Å²) in [5.74, 6) is -2.01. The van der Waals surface area contributed by atoms with E-state index in [-0.39, 0.29) is 11.5 Å². The second kappa shape index (κ2) is 7.91. The molecule has 2 N–H and O–H groups in total. The minimum atomic E-state index is -1.51. The number of H-pyrrole nitrogens is 1. The Morgan fingerprint density at radius 1 is 1.03 bits per heavy atom. The average Bonchev–Trinajstić information content (AvgIpc) is 3.17. The molecule has 2 heterocycles. The van der Waals surface area contributed by atoms with E-state index in [4.69, 9.17) is 5.11 Å². The fourth-order valence-electron chi connectivity index (χ4n) is 4.03. The molecule has 1 aliphatic heterocycles. The predicted molar refractivity (Wildman–Crippen MR) is 109 cm³/mol. The van der Waals surface area contributed by atoms with E-state index in [0.717, 1.165) is 19.3 Å². The highest BCUT2D eigenvalue weighted by atomic mass is 16.4. The van der Waals surface area contributed by atoms with Gasteiger partial charge >= 0.3 is 5.97 Å². The summed E-state index contributed by atoms with van der Waals surface area (Å²) in [7, 11) is 0. The van der Waals surface area contributed by atoms with Crippen LogP contribution in [0.5, 0.6) is 0 Å². The number of benzene rings is 2. The SMILES string of the molecule is O=C(O)C(=O)c1c[nH]c2ccc(C(=O)N3CCC(Cc4ccccc4)CC3)cc12. The number of ketones is 1. The summed E-state index contributed by atoms with van der Waals surface area (Å²) in [6.07, 6.45) is 4.31. The molecule has 6 nitrogen and oxygen atoms in total. The van der Waals surface area contributed by atoms with Crippen molar-refractivity contribution in [3.63, 3.8) is 0 Å². The number of amides is 1. The Morgan fingerprint density at radius 3 is 2.45 bits per heavy atom. The topological polar surface area (TPSA) is 90.5 Å². The van der Waals surface area contributed by atoms with Crippen LogP contribution in [-0.4, -0.2) is 45.7 Å². The van der Waals surface area contributed by atoms with Crippen LogP contribution in [0.3, 0.4) is 0 Å². The number of hydrogen-bond donors (Lipinski definition) is 2. The normalized spacial score (nSPS) is 14.8. The molecule has 1 saturated heterocycles. The van der Waals surface area contributed by atoms with Crippen LogP contribution in [0.25, 0.3) is 10.9 Å². The lowest BCUT2D eigenvalue weighted by molar-refractivity contribution is -0.131. The summed E-state index contributed by atoms with van der Waals surface area (Å²) in [4.78, 5) is 40.6. The monoisotopic (exact) mass is 390 g/mol. The van der Waals surface area contributed by atoms with Crippen LogP contribution >= 0.6 is 0 Å². The number of carboxylic acid groups (broad SMARTS) is 1. The summed E-state index contributed by atoms with van der Waals surface area (Å²) in [6.45, 7) is 1.39. The number of Topliss-reactive ketones (excluding diaryl/α,β-unsaturated/α-hetero) is 1. The van der Waals surface area contributed by atoms with Crippen molar-refractivity contribution in [1.82, 2.24) is 9.88 Å². The number of fused-ring (bicyclic) bond motifs is 1. The Kier molecular flexibility index (Phi) is 5.16. The van der Waals surface area contributed by atoms with Gasteiger partial charge in [0.1, 0.15) is 0 Å². The molecule has 148 valence electrons. The molecule has 0 unspecified atom stereocenters. The van der Waals surface area contributed by atoms with Crippen LogP contribution in [0.4, 0.5) is 0 Å². The molecule has 0 bridgehead atoms. The van der Waals surface area contributed by atoms with Crippen molar-refractivity contribution in [1.29, 1.82) is 0 Å². The molecule has 0 saturated carbocycles. The van der Waals surface area contributed by atoms with Gasteiger partial charge in [0.25, 0.3) is 11.7 Å². The van der Waals surface area contributed by atoms with E-state index in [1.807, 2.05) is 11.0 Å². The van der Waals surface area contributed by atoms with E-state index in [1.165, 1.54) is 11.8 Å². The Morgan fingerprint density at radius 2 is 1.76 bits per heavy atom. The molecule has 0 atom stereocenters. The van der Waals surface area contributed by atoms with E-state index in [2.05, 4.69) is 29.2 Å². The maximum absolute atomic E-state index is 13.0. The first-order valence-electron chi connectivity index (χ1n) is 9.75. The number of hydrogen-bond acceptors (Lipinski definition) is 3. The van der Waals surface area contributed by atoms with Crippen molar-refractivity contribution in [2.75, 3.05) is 13.1 Å². The molecule has 6 heteroatoms. The van der Waals surface area contributed by atoms with E-state index in [9.17, 15) is 14.4 Å². The molecule has 1 aliphatic rings. The Hall–Kier alpha value is -3.41. The van der Waals surface area contributed by atoms with E-state index in [1.54, 1.807) is 18.2 Å². The molecule has 0 aliphatic carbocycles. The molecule has 0 spiro atoms. The highest BCUT2D eigenvalue weighted by molar-refractivity contribution is 6.42. The van der Waals surface area contributed by atoms with E-state index < -0.39 is 11.8 Å². The predicted octanol–water partition coefficient (Wildman–Crippen LogP) is 3.53. The van der Waals surface area contributed by atoms with Crippen LogP contribution in [0, 0.1) is 5.92 Å². The van der Waals surface area contributed by atoms with Gasteiger partial charge in [-0.2, -0.15) is 0 Å². The van der Waals surface area contributed by atoms with Gasteiger partial charge in [-0.15, -0.1) is 0 Å². The van der Waals surface area contributed by atoms with Crippen molar-refractivity contribution in [3.8, 4) is 0 Å². The van der Waals surface area contributed by atoms with Gasteiger partial charge in [0.15, 0.2) is 0 Å². The van der Waals surface area contributed by atoms with Gasteiger partial charge in [0.05, 0.1) is 5.56 Å². The first-order chi connectivity index (χ1) is 14.0. The fourth-order valence-corrected chi connectivity index (χ4v) is 4.03. The molecule has 1 fully saturated rings. The molecule has 4 rings (SSSR count). The zero-order valence-corrected chi connectivity index (χ0v) is 15.9. The Bertz CT molecular complexity index is 1060. The second-order valence-electron chi connectivity index (χ2n) is 7.52. The maximum atomic E-state index is 13.0. The third-order valence-electron chi connectivity index (χ3n) is 5.64. The van der Waals surface area contributed by atoms with Crippen LogP contribution in [-0.2, 0) is 11.2 Å². The summed E-state index contributed by atoms with van der Waals surface area (Å²) in [5, 5.41) is 9.45. The highest BCUT2D eigenvalue weighted by Crippen LogP contribution is 2.25. The Balaban J connectivity index is 1.46. The van der Waals surface area contributed by atoms with Crippen molar-refractivity contribution >= 4 is 28.6 Å². The summed E-state index contributed by atoms with van der Waals surface area (Å²) in [5.41, 5.74) is 2.50. The lowest BCUT2D eigenvalue weighted by atomic mass is 9.90. The van der Waals surface area contributed by atoms with E-state index >= 15 is 0 Å². The van der Waals surface area contributed by atoms with Gasteiger partial charge in [0.2, 0.25) is 0 Å². The molecule has 3 aromatic rings. The first kappa shape index (κ1) is 18.9. The lowest BCUT2D eigenvalue weighted by Gasteiger charge is -2.32. The molecule has 1 amide bonds. The van der Waals surface area contributed by atoms with Gasteiger partial charge in [0, 0.05) is 35.8 Å². The maximum Gasteiger partial charge on any atom is 0.377 e. The van der Waals surface area contributed by atoms with Gasteiger partial charge in [-0.3, -0.25) is 9.59 Å². The zero-order chi connectivity index (χ0) is 20.4. The number of aromatic nitrogens is 1. The molecule has 2 aromatic carbocycles. The van der Waals surface area contributed by atoms with Crippen molar-refractivity contribution in [2.45, 2.75) is 19.3 Å². The largest absolute Gasteiger partial charge is 0.475 e. The van der Waals surface area contributed by atoms with Crippen LogP contribution < -0.4 is 0 Å². The zero-order valence-electron chi connectivity index (χ0n) is 15.9. The minimum Gasteiger partial charge on any atom is -0.475 e. The van der Waals surface area contributed by atoms with Crippen molar-refractivity contribution in [3.05, 3.63) is 71.4 Å². The van der Waals surface area contributed by atoms with Gasteiger partial charge < -0.3 is 15.0 Å². The van der Waals surface area contributed by atoms with Crippen LogP contribution in [0.15, 0.2) is 54.7 Å². The number of nitrogens with zero attached hydrogens (tertiary/aromatic N) is 1. The second-order valence-corrected chi connectivity index (χ2v) is 7.52. The number of likely N-dealkylation sites (tertiary alicyclic amines) is 1. The van der Waals surface area contributed by atoms with Gasteiger partial charge in [-0.05, 0) is 48.9 Å². The summed E-state index contributed by atoms with van der Waals surface area (Å²) in [6, 6.07) is 15.4. The van der Waals surface area contributed by atoms with Gasteiger partial charge in [-0.25, -0.2) is 4.79 Å². The number of carbonyl (C=O) groups excluding carboxylic acids is 2. The van der Waals surface area contributed by atoms with Crippen molar-refractivity contribution in [2.24, 2.45) is 5.92 Å². The number of carboxylic acids is 1. The third-order valence-corrected chi connectivity index (χ3v) is 5.64. The van der Waals surface area contributed by atoms with Crippen LogP contribution in [0.1, 0.15) is 39.1 Å². The van der Waals surface area contributed by atoms with Crippen LogP contribution in [0.2, 0.25) is 0 Å². The third kappa shape index (κ3) is 3.92. The summed E-state index contributed by atoms with van der Waals surface area (Å²) < 4.78 is 0. The molecular formula is C23H22N2O4. The number of nitrogens with one attached hydrogen (secondary N) is 1. The number of piperidine rings is 1. The Labute approximate surface area is 168 Å². The quantitative estimate of drug-likeness (QED) is 0.515. The number of aliphatic carboxylic acids is 1. The lowest BCUT2D eigenvalue weighted by Crippen LogP contribution is -2.38. The molecule has 0 radical (unpaired) electrons. The van der Waals surface area contributed by atoms with Crippen molar-refractivity contribution < 1.29 is 19.5 Å². The average molecular weight is 390 g/mol. The van der Waals surface area contributed by atoms with E-state index in [0.29, 0.717) is 35.5 Å². The standard InChI is InChI=1S/C23H22N2O4/c26-21(23(28)29)19-14-24-20-7-6-17(13-18(19)20)22(27)25-10-8-16(9-11-25)12-15-4-2-1-3-5-15/h1-7,13-14,16,24H,8-12H2,(H,28,29). The minimum absolute atomic E-state index is 0.0729. The fraction of sp³-hybridized carbons (Fsp3) is 0.261. The molecule has 1 aromatic heterocycles. The number of carbonyl (C=O) groups is 3. The van der Waals surface area contributed by atoms with Gasteiger partial charge in [-0.1, -0.05) is 30.3 Å². The number of aromatic amines is 1. The molecular weight excluding hydrogens is 368 g/mol. The molecule has 29 heavy (non-hydrogen) atoms.